The largest absolute Gasteiger partial charge is 0.497 e. The van der Waals surface area contributed by atoms with Crippen LogP contribution in [0.2, 0.25) is 0 Å². The van der Waals surface area contributed by atoms with E-state index >= 15 is 0 Å². The summed E-state index contributed by atoms with van der Waals surface area (Å²) < 4.78 is 7.10. The average Bonchev–Trinajstić information content (AvgIpc) is 2.66. The lowest BCUT2D eigenvalue weighted by Gasteiger charge is -2.18. The second-order valence-electron chi connectivity index (χ2n) is 5.74. The monoisotopic (exact) mass is 355 g/mol. The Morgan fingerprint density at radius 1 is 1.12 bits per heavy atom. The predicted octanol–water partition coefficient (Wildman–Crippen LogP) is 3.44. The third-order valence-corrected chi connectivity index (χ3v) is 5.21. The molecule has 1 N–H and O–H groups in total. The van der Waals surface area contributed by atoms with Crippen LogP contribution in [0.15, 0.2) is 53.3 Å². The first-order valence-electron chi connectivity index (χ1n) is 8.11. The zero-order valence-corrected chi connectivity index (χ0v) is 15.2. The van der Waals surface area contributed by atoms with Crippen LogP contribution in [-0.2, 0) is 12.8 Å². The number of rotatable bonds is 6. The van der Waals surface area contributed by atoms with Gasteiger partial charge in [0, 0.05) is 40.6 Å². The van der Waals surface area contributed by atoms with Crippen molar-refractivity contribution >= 4 is 22.5 Å². The van der Waals surface area contributed by atoms with Crippen molar-refractivity contribution in [1.29, 1.82) is 0 Å². The SMILES string of the molecule is COc1ccc2c(=O)n(C)c(CSCCO)c(-c3ccccc3)c2c1. The van der Waals surface area contributed by atoms with E-state index in [1.807, 2.05) is 43.4 Å². The number of ether oxygens (including phenoxy) is 1. The van der Waals surface area contributed by atoms with E-state index < -0.39 is 0 Å². The van der Waals surface area contributed by atoms with E-state index in [-0.39, 0.29) is 12.2 Å². The summed E-state index contributed by atoms with van der Waals surface area (Å²) in [5, 5.41) is 10.7. The number of pyridine rings is 1. The fraction of sp³-hybridized carbons (Fsp3) is 0.250. The van der Waals surface area contributed by atoms with E-state index in [1.54, 1.807) is 23.4 Å². The van der Waals surface area contributed by atoms with Gasteiger partial charge in [0.05, 0.1) is 13.7 Å². The van der Waals surface area contributed by atoms with Crippen molar-refractivity contribution in [3.8, 4) is 16.9 Å². The fourth-order valence-electron chi connectivity index (χ4n) is 3.00. The van der Waals surface area contributed by atoms with Gasteiger partial charge in [0.2, 0.25) is 0 Å². The first-order chi connectivity index (χ1) is 12.2. The molecule has 0 bridgehead atoms. The number of fused-ring (bicyclic) bond motifs is 1. The Morgan fingerprint density at radius 3 is 2.56 bits per heavy atom. The lowest BCUT2D eigenvalue weighted by atomic mass is 9.97. The highest BCUT2D eigenvalue weighted by molar-refractivity contribution is 7.98. The van der Waals surface area contributed by atoms with E-state index in [0.29, 0.717) is 16.9 Å². The van der Waals surface area contributed by atoms with Crippen molar-refractivity contribution < 1.29 is 9.84 Å². The quantitative estimate of drug-likeness (QED) is 0.688. The van der Waals surface area contributed by atoms with Crippen LogP contribution >= 0.6 is 11.8 Å². The van der Waals surface area contributed by atoms with Crippen molar-refractivity contribution in [2.24, 2.45) is 7.05 Å². The highest BCUT2D eigenvalue weighted by Crippen LogP contribution is 2.34. The van der Waals surface area contributed by atoms with Gasteiger partial charge >= 0.3 is 0 Å². The molecule has 25 heavy (non-hydrogen) atoms. The summed E-state index contributed by atoms with van der Waals surface area (Å²) in [4.78, 5) is 12.8. The molecule has 1 heterocycles. The molecule has 5 heteroatoms. The first kappa shape index (κ1) is 17.6. The Kier molecular flexibility index (Phi) is 5.46. The molecule has 0 unspecified atom stereocenters. The number of hydrogen-bond acceptors (Lipinski definition) is 4. The van der Waals surface area contributed by atoms with Crippen molar-refractivity contribution in [3.05, 3.63) is 64.6 Å². The summed E-state index contributed by atoms with van der Waals surface area (Å²) in [7, 11) is 3.44. The molecule has 3 rings (SSSR count). The Balaban J connectivity index is 2.34. The molecule has 0 amide bonds. The molecule has 2 aromatic carbocycles. The van der Waals surface area contributed by atoms with Gasteiger partial charge in [-0.15, -0.1) is 0 Å². The number of methoxy groups -OCH3 is 1. The van der Waals surface area contributed by atoms with Crippen molar-refractivity contribution in [3.63, 3.8) is 0 Å². The number of aliphatic hydroxyl groups excluding tert-OH is 1. The Morgan fingerprint density at radius 2 is 1.88 bits per heavy atom. The van der Waals surface area contributed by atoms with Crippen molar-refractivity contribution in [1.82, 2.24) is 4.57 Å². The zero-order chi connectivity index (χ0) is 17.8. The number of aromatic nitrogens is 1. The Labute approximate surface area is 151 Å². The molecule has 0 spiro atoms. The first-order valence-corrected chi connectivity index (χ1v) is 9.26. The smallest absolute Gasteiger partial charge is 0.258 e. The molecule has 0 fully saturated rings. The number of hydrogen-bond donors (Lipinski definition) is 1. The number of aliphatic hydroxyl groups is 1. The van der Waals surface area contributed by atoms with Crippen LogP contribution in [0.25, 0.3) is 21.9 Å². The van der Waals surface area contributed by atoms with E-state index in [4.69, 9.17) is 9.84 Å². The predicted molar refractivity (Wildman–Crippen MR) is 104 cm³/mol. The van der Waals surface area contributed by atoms with E-state index in [2.05, 4.69) is 12.1 Å². The maximum absolute atomic E-state index is 12.8. The van der Waals surface area contributed by atoms with Crippen LogP contribution in [0.5, 0.6) is 5.75 Å². The summed E-state index contributed by atoms with van der Waals surface area (Å²) in [5.41, 5.74) is 3.05. The Bertz CT molecular complexity index is 935. The summed E-state index contributed by atoms with van der Waals surface area (Å²) >= 11 is 1.62. The highest BCUT2D eigenvalue weighted by Gasteiger charge is 2.17. The molecule has 0 aliphatic heterocycles. The highest BCUT2D eigenvalue weighted by atomic mass is 32.2. The molecule has 0 radical (unpaired) electrons. The molecule has 3 aromatic rings. The van der Waals surface area contributed by atoms with Gasteiger partial charge in [0.25, 0.3) is 5.56 Å². The lowest BCUT2D eigenvalue weighted by Crippen LogP contribution is -2.21. The third-order valence-electron chi connectivity index (χ3n) is 4.26. The van der Waals surface area contributed by atoms with Crippen molar-refractivity contribution in [2.45, 2.75) is 5.75 Å². The molecule has 0 saturated carbocycles. The number of benzene rings is 2. The van der Waals surface area contributed by atoms with Crippen LogP contribution in [0.1, 0.15) is 5.69 Å². The minimum Gasteiger partial charge on any atom is -0.497 e. The summed E-state index contributed by atoms with van der Waals surface area (Å²) in [6, 6.07) is 15.7. The maximum Gasteiger partial charge on any atom is 0.258 e. The van der Waals surface area contributed by atoms with E-state index in [9.17, 15) is 4.79 Å². The fourth-order valence-corrected chi connectivity index (χ4v) is 3.80. The molecule has 4 nitrogen and oxygen atoms in total. The standard InChI is InChI=1S/C20H21NO3S/c1-21-18(13-25-11-10-22)19(14-6-4-3-5-7-14)17-12-15(24-2)8-9-16(17)20(21)23/h3-9,12,22H,10-11,13H2,1-2H3. The van der Waals surface area contributed by atoms with Crippen LogP contribution < -0.4 is 10.3 Å². The van der Waals surface area contributed by atoms with Crippen LogP contribution in [-0.4, -0.2) is 29.1 Å². The van der Waals surface area contributed by atoms with Gasteiger partial charge in [-0.05, 0) is 23.8 Å². The zero-order valence-electron chi connectivity index (χ0n) is 14.4. The normalized spacial score (nSPS) is 11.0. The van der Waals surface area contributed by atoms with E-state index in [1.165, 1.54) is 0 Å². The van der Waals surface area contributed by atoms with Crippen LogP contribution in [0.3, 0.4) is 0 Å². The number of nitrogens with zero attached hydrogens (tertiary/aromatic N) is 1. The van der Waals surface area contributed by atoms with Gasteiger partial charge in [0.15, 0.2) is 0 Å². The third kappa shape index (κ3) is 3.43. The summed E-state index contributed by atoms with van der Waals surface area (Å²) in [5.74, 6) is 2.02. The summed E-state index contributed by atoms with van der Waals surface area (Å²) in [6.45, 7) is 0.126. The molecule has 0 aliphatic rings. The van der Waals surface area contributed by atoms with Crippen molar-refractivity contribution in [2.75, 3.05) is 19.5 Å². The van der Waals surface area contributed by atoms with Gasteiger partial charge in [-0.1, -0.05) is 30.3 Å². The average molecular weight is 355 g/mol. The lowest BCUT2D eigenvalue weighted by molar-refractivity contribution is 0.322. The number of thioether (sulfide) groups is 1. The van der Waals surface area contributed by atoms with Gasteiger partial charge in [-0.25, -0.2) is 0 Å². The van der Waals surface area contributed by atoms with Crippen LogP contribution in [0, 0.1) is 0 Å². The van der Waals surface area contributed by atoms with Gasteiger partial charge in [0.1, 0.15) is 5.75 Å². The van der Waals surface area contributed by atoms with Crippen LogP contribution in [0.4, 0.5) is 0 Å². The van der Waals surface area contributed by atoms with E-state index in [0.717, 1.165) is 28.0 Å². The molecule has 0 atom stereocenters. The van der Waals surface area contributed by atoms with Gasteiger partial charge < -0.3 is 14.4 Å². The molecule has 0 aliphatic carbocycles. The topological polar surface area (TPSA) is 51.5 Å². The van der Waals surface area contributed by atoms with Gasteiger partial charge in [-0.3, -0.25) is 4.79 Å². The molecule has 130 valence electrons. The minimum absolute atomic E-state index is 0.0167. The van der Waals surface area contributed by atoms with Gasteiger partial charge in [-0.2, -0.15) is 11.8 Å². The Hall–Kier alpha value is -2.24. The maximum atomic E-state index is 12.8. The second-order valence-corrected chi connectivity index (χ2v) is 6.84. The molecule has 0 saturated heterocycles. The minimum atomic E-state index is -0.0167. The molecular formula is C20H21NO3S. The second kappa shape index (κ2) is 7.76. The summed E-state index contributed by atoms with van der Waals surface area (Å²) in [6.07, 6.45) is 0. The molecular weight excluding hydrogens is 334 g/mol. The molecule has 1 aromatic heterocycles.